The second-order valence-electron chi connectivity index (χ2n) is 10.5. The molecule has 0 saturated heterocycles. The van der Waals surface area contributed by atoms with E-state index in [0.29, 0.717) is 24.8 Å². The summed E-state index contributed by atoms with van der Waals surface area (Å²) in [5.74, 6) is -2.69. The Morgan fingerprint density at radius 2 is 1.97 bits per heavy atom. The Hall–Kier alpha value is -1.86. The van der Waals surface area contributed by atoms with E-state index in [-0.39, 0.29) is 24.5 Å². The van der Waals surface area contributed by atoms with Crippen LogP contribution in [0.2, 0.25) is 0 Å². The predicted molar refractivity (Wildman–Crippen MR) is 114 cm³/mol. The van der Waals surface area contributed by atoms with Crippen molar-refractivity contribution < 1.29 is 33.7 Å². The number of carbonyl (C=O) groups is 3. The molecule has 3 saturated carbocycles. The minimum Gasteiger partial charge on any atom is -0.450 e. The van der Waals surface area contributed by atoms with Crippen molar-refractivity contribution in [1.29, 1.82) is 0 Å². The molecule has 0 bridgehead atoms. The third-order valence-electron chi connectivity index (χ3n) is 9.30. The van der Waals surface area contributed by atoms with Crippen molar-refractivity contribution in [3.05, 3.63) is 23.8 Å². The zero-order valence-corrected chi connectivity index (χ0v) is 19.2. The molecule has 0 radical (unpaired) electrons. The minimum absolute atomic E-state index is 0.0675. The number of hydrogen-bond donors (Lipinski definition) is 2. The molecule has 0 aromatic rings. The lowest BCUT2D eigenvalue weighted by Crippen LogP contribution is -2.70. The first-order valence-corrected chi connectivity index (χ1v) is 11.6. The maximum absolute atomic E-state index is 17.2. The van der Waals surface area contributed by atoms with Gasteiger partial charge < -0.3 is 14.9 Å². The number of ether oxygens (including phenoxy) is 1. The highest BCUT2D eigenvalue weighted by molar-refractivity contribution is 6.01. The van der Waals surface area contributed by atoms with Gasteiger partial charge in [-0.1, -0.05) is 32.4 Å². The zero-order valence-electron chi connectivity index (χ0n) is 19.2. The molecule has 0 aliphatic heterocycles. The fraction of sp³-hybridized carbons (Fsp3) is 0.720. The molecular weight excluding hydrogens is 415 g/mol. The van der Waals surface area contributed by atoms with Gasteiger partial charge in [0.25, 0.3) is 0 Å². The summed E-state index contributed by atoms with van der Waals surface area (Å²) in [6.45, 7) is 6.19. The SMILES string of the molecule is CCC(=O)O[C@]1(C(=O)CO)C(C)C[C@H]2[C@@H]3CCC4=CC(=O)C=C[C@]4(C)[C@@]3(F)C(O)C[C@@]21C. The first-order valence-electron chi connectivity index (χ1n) is 11.6. The predicted octanol–water partition coefficient (Wildman–Crippen LogP) is 2.86. The van der Waals surface area contributed by atoms with Gasteiger partial charge in [-0.3, -0.25) is 14.4 Å². The van der Waals surface area contributed by atoms with E-state index in [1.165, 1.54) is 12.2 Å². The molecular formula is C25H33FO6. The maximum Gasteiger partial charge on any atom is 0.306 e. The normalized spacial score (nSPS) is 47.2. The van der Waals surface area contributed by atoms with Crippen LogP contribution < -0.4 is 0 Å². The van der Waals surface area contributed by atoms with Crippen molar-refractivity contribution in [1.82, 2.24) is 0 Å². The number of aliphatic hydroxyl groups is 2. The smallest absolute Gasteiger partial charge is 0.306 e. The zero-order chi connectivity index (χ0) is 23.7. The van der Waals surface area contributed by atoms with Crippen LogP contribution in [0.4, 0.5) is 4.39 Å². The van der Waals surface area contributed by atoms with Gasteiger partial charge in [0.15, 0.2) is 17.1 Å². The molecule has 0 amide bonds. The molecule has 7 heteroatoms. The molecule has 4 rings (SSSR count). The van der Waals surface area contributed by atoms with Crippen molar-refractivity contribution in [2.24, 2.45) is 28.6 Å². The summed E-state index contributed by atoms with van der Waals surface area (Å²) in [6.07, 6.45) is 4.38. The van der Waals surface area contributed by atoms with Crippen molar-refractivity contribution in [2.45, 2.75) is 77.2 Å². The van der Waals surface area contributed by atoms with Crippen LogP contribution in [0.25, 0.3) is 0 Å². The number of halogens is 1. The third kappa shape index (κ3) is 2.61. The molecule has 0 aromatic heterocycles. The number of rotatable bonds is 4. The summed E-state index contributed by atoms with van der Waals surface area (Å²) in [5.41, 5.74) is -5.10. The molecule has 4 aliphatic carbocycles. The number of carbonyl (C=O) groups excluding carboxylic acids is 3. The van der Waals surface area contributed by atoms with E-state index in [1.54, 1.807) is 33.8 Å². The van der Waals surface area contributed by atoms with E-state index in [1.807, 2.05) is 0 Å². The van der Waals surface area contributed by atoms with Crippen LogP contribution >= 0.6 is 0 Å². The Labute approximate surface area is 187 Å². The minimum atomic E-state index is -2.02. The van der Waals surface area contributed by atoms with E-state index >= 15 is 4.39 Å². The molecule has 0 spiro atoms. The first-order chi connectivity index (χ1) is 14.9. The highest BCUT2D eigenvalue weighted by Gasteiger charge is 2.77. The molecule has 0 heterocycles. The summed E-state index contributed by atoms with van der Waals surface area (Å²) in [6, 6.07) is 0. The molecule has 32 heavy (non-hydrogen) atoms. The van der Waals surface area contributed by atoms with Gasteiger partial charge in [0.05, 0.1) is 6.10 Å². The molecule has 176 valence electrons. The highest BCUT2D eigenvalue weighted by Crippen LogP contribution is 2.71. The quantitative estimate of drug-likeness (QED) is 0.642. The van der Waals surface area contributed by atoms with E-state index < -0.39 is 58.4 Å². The van der Waals surface area contributed by atoms with Crippen LogP contribution in [0, 0.1) is 28.6 Å². The van der Waals surface area contributed by atoms with Gasteiger partial charge in [0.2, 0.25) is 5.78 Å². The Morgan fingerprint density at radius 3 is 2.59 bits per heavy atom. The van der Waals surface area contributed by atoms with E-state index in [9.17, 15) is 24.6 Å². The average Bonchev–Trinajstić information content (AvgIpc) is 2.96. The van der Waals surface area contributed by atoms with Crippen LogP contribution in [0.5, 0.6) is 0 Å². The fourth-order valence-electron chi connectivity index (χ4n) is 7.77. The lowest BCUT2D eigenvalue weighted by Gasteiger charge is -2.62. The van der Waals surface area contributed by atoms with Gasteiger partial charge >= 0.3 is 5.97 Å². The molecule has 8 atom stereocenters. The van der Waals surface area contributed by atoms with Gasteiger partial charge in [0, 0.05) is 29.1 Å². The standard InChI is InChI=1S/C25H33FO6/c1-5-21(31)32-25(20(30)13-27)14(2)10-18-17-7-6-15-11-16(28)8-9-22(15,3)24(17,26)19(29)12-23(18,25)4/h8-9,11,14,17-19,27,29H,5-7,10,12-13H2,1-4H3/t14?,17-,18-,19?,22-,23-,24-,25-/m0/s1. The fourth-order valence-corrected chi connectivity index (χ4v) is 7.77. The summed E-state index contributed by atoms with van der Waals surface area (Å²) < 4.78 is 23.0. The van der Waals surface area contributed by atoms with Crippen molar-refractivity contribution >= 4 is 17.5 Å². The Morgan fingerprint density at radius 1 is 1.28 bits per heavy atom. The second-order valence-corrected chi connectivity index (χ2v) is 10.5. The van der Waals surface area contributed by atoms with Crippen LogP contribution in [0.3, 0.4) is 0 Å². The van der Waals surface area contributed by atoms with Gasteiger partial charge in [-0.15, -0.1) is 0 Å². The summed E-state index contributed by atoms with van der Waals surface area (Å²) in [4.78, 5) is 37.5. The molecule has 6 nitrogen and oxygen atoms in total. The van der Waals surface area contributed by atoms with Crippen molar-refractivity contribution in [2.75, 3.05) is 6.61 Å². The van der Waals surface area contributed by atoms with Crippen molar-refractivity contribution in [3.8, 4) is 0 Å². The third-order valence-corrected chi connectivity index (χ3v) is 9.30. The number of alkyl halides is 1. The summed E-state index contributed by atoms with van der Waals surface area (Å²) in [7, 11) is 0. The molecule has 2 N–H and O–H groups in total. The van der Waals surface area contributed by atoms with Crippen LogP contribution in [-0.4, -0.2) is 51.7 Å². The van der Waals surface area contributed by atoms with Gasteiger partial charge in [-0.25, -0.2) is 4.39 Å². The van der Waals surface area contributed by atoms with Crippen LogP contribution in [0.1, 0.15) is 59.8 Å². The highest BCUT2D eigenvalue weighted by atomic mass is 19.1. The van der Waals surface area contributed by atoms with E-state index in [2.05, 4.69) is 0 Å². The molecule has 0 aromatic carbocycles. The Kier molecular flexibility index (Phi) is 5.33. The summed E-state index contributed by atoms with van der Waals surface area (Å²) >= 11 is 0. The Bertz CT molecular complexity index is 925. The molecule has 2 unspecified atom stereocenters. The number of hydrogen-bond acceptors (Lipinski definition) is 6. The lowest BCUT2D eigenvalue weighted by molar-refractivity contribution is -0.228. The number of aliphatic hydroxyl groups excluding tert-OH is 2. The number of esters is 1. The number of Topliss-reactive ketones (excluding diaryl/α,β-unsaturated/α-hetero) is 1. The van der Waals surface area contributed by atoms with E-state index in [4.69, 9.17) is 4.74 Å². The largest absolute Gasteiger partial charge is 0.450 e. The van der Waals surface area contributed by atoms with Crippen LogP contribution in [0.15, 0.2) is 23.8 Å². The average molecular weight is 449 g/mol. The van der Waals surface area contributed by atoms with Gasteiger partial charge in [-0.05, 0) is 50.7 Å². The second kappa shape index (κ2) is 7.32. The number of allylic oxidation sites excluding steroid dienone is 4. The number of ketones is 2. The maximum atomic E-state index is 17.2. The molecule has 4 aliphatic rings. The van der Waals surface area contributed by atoms with E-state index in [0.717, 1.165) is 0 Å². The first kappa shape index (κ1) is 23.3. The van der Waals surface area contributed by atoms with Crippen molar-refractivity contribution in [3.63, 3.8) is 0 Å². The number of fused-ring (bicyclic) bond motifs is 5. The van der Waals surface area contributed by atoms with Gasteiger partial charge in [-0.2, -0.15) is 0 Å². The molecule has 3 fully saturated rings. The van der Waals surface area contributed by atoms with Gasteiger partial charge in [0.1, 0.15) is 6.61 Å². The monoisotopic (exact) mass is 448 g/mol. The van der Waals surface area contributed by atoms with Crippen LogP contribution in [-0.2, 0) is 19.1 Å². The Balaban J connectivity index is 1.85. The summed E-state index contributed by atoms with van der Waals surface area (Å²) in [5, 5.41) is 21.2. The lowest BCUT2D eigenvalue weighted by atomic mass is 9.44. The topological polar surface area (TPSA) is 101 Å².